The molecular weight excluding hydrogens is 248 g/mol. The van der Waals surface area contributed by atoms with Crippen LogP contribution in [-0.2, 0) is 16.0 Å². The van der Waals surface area contributed by atoms with E-state index < -0.39 is 16.4 Å². The highest BCUT2D eigenvalue weighted by molar-refractivity contribution is 5.82. The second-order valence-corrected chi connectivity index (χ2v) is 4.67. The molecule has 1 aromatic rings. The average Bonchev–Trinajstić information content (AvgIpc) is 2.38. The van der Waals surface area contributed by atoms with Gasteiger partial charge in [0.05, 0.1) is 19.6 Å². The Labute approximate surface area is 111 Å². The number of fused-ring (bicyclic) bond motifs is 1. The third kappa shape index (κ3) is 2.14. The van der Waals surface area contributed by atoms with E-state index in [1.165, 1.54) is 0 Å². The number of anilines is 1. The van der Waals surface area contributed by atoms with Crippen LogP contribution in [0.3, 0.4) is 0 Å². The molecule has 0 saturated carbocycles. The molecule has 0 amide bonds. The van der Waals surface area contributed by atoms with Crippen LogP contribution in [0.1, 0.15) is 12.5 Å². The number of esters is 1. The van der Waals surface area contributed by atoms with E-state index in [0.29, 0.717) is 0 Å². The van der Waals surface area contributed by atoms with Crippen molar-refractivity contribution in [3.05, 3.63) is 39.9 Å². The summed E-state index contributed by atoms with van der Waals surface area (Å²) < 4.78 is 4.90. The van der Waals surface area contributed by atoms with Gasteiger partial charge in [0.1, 0.15) is 0 Å². The van der Waals surface area contributed by atoms with E-state index in [1.807, 2.05) is 24.3 Å². The zero-order valence-corrected chi connectivity index (χ0v) is 11.0. The van der Waals surface area contributed by atoms with Gasteiger partial charge in [0.2, 0.25) is 0 Å². The fourth-order valence-electron chi connectivity index (χ4n) is 2.48. The molecule has 0 aromatic heterocycles. The Hall–Kier alpha value is -2.11. The van der Waals surface area contributed by atoms with Gasteiger partial charge in [-0.05, 0) is 18.6 Å². The van der Waals surface area contributed by atoms with Crippen LogP contribution >= 0.6 is 0 Å². The van der Waals surface area contributed by atoms with Crippen LogP contribution in [0.2, 0.25) is 0 Å². The number of hydrogen-bond donors (Lipinski definition) is 0. The molecule has 19 heavy (non-hydrogen) atoms. The molecule has 1 aliphatic rings. The molecule has 102 valence electrons. The van der Waals surface area contributed by atoms with Crippen LogP contribution < -0.4 is 4.90 Å². The first-order valence-corrected chi connectivity index (χ1v) is 6.12. The standard InChI is InChI=1S/C13H16N2O4/c1-3-19-12(16)13(15(17)18)8-10-6-4-5-7-11(10)14(2)9-13/h4-7H,3,8-9H2,1-2H3. The van der Waals surface area contributed by atoms with Crippen molar-refractivity contribution in [3.8, 4) is 0 Å². The molecule has 1 heterocycles. The van der Waals surface area contributed by atoms with Crippen LogP contribution in [0.15, 0.2) is 24.3 Å². The molecule has 0 aliphatic carbocycles. The number of ether oxygens (including phenoxy) is 1. The summed E-state index contributed by atoms with van der Waals surface area (Å²) in [4.78, 5) is 24.7. The van der Waals surface area contributed by atoms with Crippen molar-refractivity contribution in [1.29, 1.82) is 0 Å². The SMILES string of the molecule is CCOC(=O)C1([N+](=O)[O-])Cc2ccccc2N(C)C1. The Bertz CT molecular complexity index is 517. The van der Waals surface area contributed by atoms with Crippen LogP contribution in [0.4, 0.5) is 5.69 Å². The maximum Gasteiger partial charge on any atom is 0.387 e. The van der Waals surface area contributed by atoms with Crippen molar-refractivity contribution in [2.75, 3.05) is 25.1 Å². The van der Waals surface area contributed by atoms with Gasteiger partial charge in [0.15, 0.2) is 0 Å². The minimum atomic E-state index is -1.71. The van der Waals surface area contributed by atoms with E-state index in [9.17, 15) is 14.9 Å². The number of para-hydroxylation sites is 1. The maximum atomic E-state index is 12.0. The topological polar surface area (TPSA) is 72.7 Å². The highest BCUT2D eigenvalue weighted by Gasteiger charge is 2.56. The quantitative estimate of drug-likeness (QED) is 0.467. The van der Waals surface area contributed by atoms with Crippen molar-refractivity contribution in [2.24, 2.45) is 0 Å². The molecule has 1 unspecified atom stereocenters. The van der Waals surface area contributed by atoms with Crippen LogP contribution in [0.25, 0.3) is 0 Å². The molecule has 6 nitrogen and oxygen atoms in total. The molecule has 1 atom stereocenters. The maximum absolute atomic E-state index is 12.0. The Morgan fingerprint density at radius 3 is 2.84 bits per heavy atom. The number of likely N-dealkylation sites (N-methyl/N-ethyl adjacent to an activating group) is 1. The molecule has 1 aromatic carbocycles. The highest BCUT2D eigenvalue weighted by atomic mass is 16.6. The fourth-order valence-corrected chi connectivity index (χ4v) is 2.48. The van der Waals surface area contributed by atoms with Gasteiger partial charge in [-0.15, -0.1) is 0 Å². The van der Waals surface area contributed by atoms with Gasteiger partial charge < -0.3 is 9.64 Å². The third-order valence-electron chi connectivity index (χ3n) is 3.39. The molecule has 2 rings (SSSR count). The lowest BCUT2D eigenvalue weighted by molar-refractivity contribution is -0.552. The summed E-state index contributed by atoms with van der Waals surface area (Å²) >= 11 is 0. The summed E-state index contributed by atoms with van der Waals surface area (Å²) in [7, 11) is 1.75. The predicted octanol–water partition coefficient (Wildman–Crippen LogP) is 1.26. The zero-order valence-electron chi connectivity index (χ0n) is 11.0. The lowest BCUT2D eigenvalue weighted by atomic mass is 9.86. The Kier molecular flexibility index (Phi) is 3.42. The van der Waals surface area contributed by atoms with E-state index in [4.69, 9.17) is 4.74 Å². The van der Waals surface area contributed by atoms with Crippen LogP contribution in [0, 0.1) is 10.1 Å². The number of nitro groups is 1. The first-order valence-electron chi connectivity index (χ1n) is 6.12. The van der Waals surface area contributed by atoms with Gasteiger partial charge in [-0.25, -0.2) is 4.79 Å². The van der Waals surface area contributed by atoms with E-state index in [2.05, 4.69) is 0 Å². The van der Waals surface area contributed by atoms with Gasteiger partial charge in [0.25, 0.3) is 0 Å². The van der Waals surface area contributed by atoms with Crippen molar-refractivity contribution in [1.82, 2.24) is 0 Å². The predicted molar refractivity (Wildman–Crippen MR) is 69.8 cm³/mol. The zero-order chi connectivity index (χ0) is 14.0. The number of carbonyl (C=O) groups excluding carboxylic acids is 1. The van der Waals surface area contributed by atoms with E-state index in [-0.39, 0.29) is 19.6 Å². The smallest absolute Gasteiger partial charge is 0.387 e. The van der Waals surface area contributed by atoms with Crippen LogP contribution in [-0.4, -0.2) is 36.6 Å². The molecule has 0 N–H and O–H groups in total. The van der Waals surface area contributed by atoms with Crippen molar-refractivity contribution < 1.29 is 14.5 Å². The van der Waals surface area contributed by atoms with Crippen molar-refractivity contribution >= 4 is 11.7 Å². The van der Waals surface area contributed by atoms with Crippen LogP contribution in [0.5, 0.6) is 0 Å². The summed E-state index contributed by atoms with van der Waals surface area (Å²) in [5.74, 6) is -0.763. The number of benzene rings is 1. The summed E-state index contributed by atoms with van der Waals surface area (Å²) in [5.41, 5.74) is 0.00401. The summed E-state index contributed by atoms with van der Waals surface area (Å²) in [6, 6.07) is 7.39. The molecule has 0 saturated heterocycles. The summed E-state index contributed by atoms with van der Waals surface area (Å²) in [6.07, 6.45) is 0.0688. The summed E-state index contributed by atoms with van der Waals surface area (Å²) in [6.45, 7) is 1.81. The lowest BCUT2D eigenvalue weighted by Crippen LogP contribution is -2.59. The molecule has 0 fully saturated rings. The minimum absolute atomic E-state index is 0.0237. The second kappa shape index (κ2) is 4.87. The normalized spacial score (nSPS) is 21.7. The monoisotopic (exact) mass is 264 g/mol. The number of carbonyl (C=O) groups is 1. The lowest BCUT2D eigenvalue weighted by Gasteiger charge is -2.35. The highest BCUT2D eigenvalue weighted by Crippen LogP contribution is 2.33. The average molecular weight is 264 g/mol. The first-order chi connectivity index (χ1) is 9.01. The van der Waals surface area contributed by atoms with Gasteiger partial charge in [0, 0.05) is 17.7 Å². The Morgan fingerprint density at radius 1 is 1.53 bits per heavy atom. The minimum Gasteiger partial charge on any atom is -0.461 e. The van der Waals surface area contributed by atoms with Gasteiger partial charge in [-0.1, -0.05) is 18.2 Å². The van der Waals surface area contributed by atoms with Gasteiger partial charge in [-0.3, -0.25) is 10.1 Å². The number of rotatable bonds is 3. The number of hydrogen-bond acceptors (Lipinski definition) is 5. The molecule has 6 heteroatoms. The first kappa shape index (κ1) is 13.3. The number of nitrogens with zero attached hydrogens (tertiary/aromatic N) is 2. The van der Waals surface area contributed by atoms with E-state index in [1.54, 1.807) is 18.9 Å². The van der Waals surface area contributed by atoms with Crippen molar-refractivity contribution in [2.45, 2.75) is 18.9 Å². The van der Waals surface area contributed by atoms with Gasteiger partial charge in [-0.2, -0.15) is 0 Å². The molecule has 1 aliphatic heterocycles. The largest absolute Gasteiger partial charge is 0.461 e. The molecule has 0 bridgehead atoms. The second-order valence-electron chi connectivity index (χ2n) is 4.67. The Morgan fingerprint density at radius 2 is 2.21 bits per heavy atom. The van der Waals surface area contributed by atoms with E-state index >= 15 is 0 Å². The van der Waals surface area contributed by atoms with Gasteiger partial charge >= 0.3 is 11.5 Å². The van der Waals surface area contributed by atoms with Crippen molar-refractivity contribution in [3.63, 3.8) is 0 Å². The molecule has 0 radical (unpaired) electrons. The third-order valence-corrected chi connectivity index (χ3v) is 3.39. The van der Waals surface area contributed by atoms with E-state index in [0.717, 1.165) is 11.3 Å². The molecular formula is C13H16N2O4. The fraction of sp³-hybridized carbons (Fsp3) is 0.462. The molecule has 0 spiro atoms. The Balaban J connectivity index is 2.44. The summed E-state index contributed by atoms with van der Waals surface area (Å²) in [5, 5.41) is 11.4.